The molecular weight excluding hydrogens is 417 g/mol. The Hall–Kier alpha value is -2.16. The topological polar surface area (TPSA) is 82.1 Å². The van der Waals surface area contributed by atoms with Crippen LogP contribution in [0, 0.1) is 0 Å². The number of nitrogens with zero attached hydrogens (tertiary/aromatic N) is 1. The molecule has 0 spiro atoms. The second-order valence-corrected chi connectivity index (χ2v) is 7.91. The fourth-order valence-corrected chi connectivity index (χ4v) is 4.02. The number of sulfonamides is 1. The summed E-state index contributed by atoms with van der Waals surface area (Å²) < 4.78 is 42.3. The molecule has 0 saturated carbocycles. The average molecular weight is 434 g/mol. The number of hydrogen-bond donors (Lipinski definition) is 0. The van der Waals surface area contributed by atoms with Crippen LogP contribution in [0.5, 0.6) is 11.5 Å². The Bertz CT molecular complexity index is 931. The van der Waals surface area contributed by atoms with Gasteiger partial charge in [0, 0.05) is 17.2 Å². The highest BCUT2D eigenvalue weighted by Crippen LogP contribution is 2.40. The van der Waals surface area contributed by atoms with Crippen molar-refractivity contribution in [1.29, 1.82) is 0 Å². The van der Waals surface area contributed by atoms with Crippen molar-refractivity contribution in [1.82, 2.24) is 0 Å². The fourth-order valence-electron chi connectivity index (χ4n) is 2.25. The van der Waals surface area contributed by atoms with E-state index in [9.17, 15) is 13.2 Å². The van der Waals surface area contributed by atoms with Gasteiger partial charge in [-0.25, -0.2) is 8.42 Å². The molecule has 0 aliphatic rings. The van der Waals surface area contributed by atoms with E-state index >= 15 is 0 Å². The molecule has 0 saturated heterocycles. The summed E-state index contributed by atoms with van der Waals surface area (Å²) in [6, 6.07) is 8.31. The molecule has 27 heavy (non-hydrogen) atoms. The molecule has 0 unspecified atom stereocenters. The number of anilines is 1. The Kier molecular flexibility index (Phi) is 6.80. The first-order valence-electron chi connectivity index (χ1n) is 7.51. The number of esters is 1. The van der Waals surface area contributed by atoms with E-state index < -0.39 is 22.5 Å². The summed E-state index contributed by atoms with van der Waals surface area (Å²) in [4.78, 5) is 11.8. The van der Waals surface area contributed by atoms with Crippen LogP contribution >= 0.6 is 23.2 Å². The molecule has 0 atom stereocenters. The van der Waals surface area contributed by atoms with Gasteiger partial charge < -0.3 is 14.2 Å². The van der Waals surface area contributed by atoms with Gasteiger partial charge in [-0.05, 0) is 24.3 Å². The standard InChI is InChI=1S/C17H17Cl2NO6S/c1-24-15-9-14(16(25-2)8-13(15)19)20(10-17(21)26-3)27(22,23)12-6-4-11(18)5-7-12/h4-9H,10H2,1-3H3. The van der Waals surface area contributed by atoms with Crippen LogP contribution in [0.1, 0.15) is 0 Å². The normalized spacial score (nSPS) is 11.0. The first-order valence-corrected chi connectivity index (χ1v) is 9.70. The third kappa shape index (κ3) is 4.58. The molecule has 0 fully saturated rings. The zero-order chi connectivity index (χ0) is 20.2. The van der Waals surface area contributed by atoms with Crippen LogP contribution in [0.2, 0.25) is 10.0 Å². The summed E-state index contributed by atoms with van der Waals surface area (Å²) in [7, 11) is -0.251. The largest absolute Gasteiger partial charge is 0.495 e. The minimum atomic E-state index is -4.15. The number of carbonyl (C=O) groups excluding carboxylic acids is 1. The quantitative estimate of drug-likeness (QED) is 0.622. The summed E-state index contributed by atoms with van der Waals surface area (Å²) in [5.41, 5.74) is 0.0686. The predicted octanol–water partition coefficient (Wildman–Crippen LogP) is 3.38. The second-order valence-electron chi connectivity index (χ2n) is 5.20. The van der Waals surface area contributed by atoms with E-state index in [1.54, 1.807) is 0 Å². The maximum atomic E-state index is 13.2. The molecule has 0 amide bonds. The molecular formula is C17H17Cl2NO6S. The molecule has 0 heterocycles. The van der Waals surface area contributed by atoms with Crippen LogP contribution in [0.3, 0.4) is 0 Å². The minimum absolute atomic E-state index is 0.0632. The molecule has 146 valence electrons. The lowest BCUT2D eigenvalue weighted by Gasteiger charge is -2.25. The van der Waals surface area contributed by atoms with Crippen LogP contribution in [-0.4, -0.2) is 42.3 Å². The highest BCUT2D eigenvalue weighted by Gasteiger charge is 2.30. The van der Waals surface area contributed by atoms with Gasteiger partial charge in [-0.3, -0.25) is 9.10 Å². The van der Waals surface area contributed by atoms with Gasteiger partial charge in [-0.15, -0.1) is 0 Å². The van der Waals surface area contributed by atoms with Gasteiger partial charge >= 0.3 is 5.97 Å². The first-order chi connectivity index (χ1) is 12.7. The third-order valence-electron chi connectivity index (χ3n) is 3.62. The molecule has 2 aromatic rings. The van der Waals surface area contributed by atoms with Gasteiger partial charge in [0.1, 0.15) is 18.0 Å². The van der Waals surface area contributed by atoms with Gasteiger partial charge in [0.05, 0.1) is 36.9 Å². The molecule has 0 bridgehead atoms. The van der Waals surface area contributed by atoms with Crippen LogP contribution in [0.15, 0.2) is 41.3 Å². The van der Waals surface area contributed by atoms with Crippen LogP contribution < -0.4 is 13.8 Å². The first kappa shape index (κ1) is 21.1. The van der Waals surface area contributed by atoms with E-state index in [4.69, 9.17) is 32.7 Å². The van der Waals surface area contributed by atoms with E-state index in [2.05, 4.69) is 4.74 Å². The number of carbonyl (C=O) groups is 1. The Morgan fingerprint density at radius 1 is 1.00 bits per heavy atom. The molecule has 7 nitrogen and oxygen atoms in total. The van der Waals surface area contributed by atoms with Gasteiger partial charge in [-0.2, -0.15) is 0 Å². The zero-order valence-electron chi connectivity index (χ0n) is 14.7. The lowest BCUT2D eigenvalue weighted by Crippen LogP contribution is -2.36. The SMILES string of the molecule is COC(=O)CN(c1cc(OC)c(Cl)cc1OC)S(=O)(=O)c1ccc(Cl)cc1. The van der Waals surface area contributed by atoms with Crippen molar-refractivity contribution < 1.29 is 27.4 Å². The maximum absolute atomic E-state index is 13.2. The smallest absolute Gasteiger partial charge is 0.326 e. The molecule has 0 aliphatic heterocycles. The van der Waals surface area contributed by atoms with Gasteiger partial charge in [0.2, 0.25) is 0 Å². The summed E-state index contributed by atoms with van der Waals surface area (Å²) in [6.45, 7) is -0.581. The summed E-state index contributed by atoms with van der Waals surface area (Å²) >= 11 is 11.9. The Morgan fingerprint density at radius 3 is 2.11 bits per heavy atom. The third-order valence-corrected chi connectivity index (χ3v) is 5.95. The van der Waals surface area contributed by atoms with Gasteiger partial charge in [-0.1, -0.05) is 23.2 Å². The predicted molar refractivity (Wildman–Crippen MR) is 103 cm³/mol. The number of rotatable bonds is 7. The number of methoxy groups -OCH3 is 3. The zero-order valence-corrected chi connectivity index (χ0v) is 17.1. The molecule has 2 rings (SSSR count). The average Bonchev–Trinajstić information content (AvgIpc) is 2.66. The Balaban J connectivity index is 2.68. The van der Waals surface area contributed by atoms with Crippen LogP contribution in [-0.2, 0) is 19.6 Å². The summed E-state index contributed by atoms with van der Waals surface area (Å²) in [5, 5.41) is 0.596. The minimum Gasteiger partial charge on any atom is -0.495 e. The van der Waals surface area contributed by atoms with Gasteiger partial charge in [0.25, 0.3) is 10.0 Å². The number of hydrogen-bond acceptors (Lipinski definition) is 6. The van der Waals surface area contributed by atoms with E-state index in [0.29, 0.717) is 5.02 Å². The molecule has 0 N–H and O–H groups in total. The van der Waals surface area contributed by atoms with Crippen molar-refractivity contribution in [2.75, 3.05) is 32.2 Å². The number of halogens is 2. The lowest BCUT2D eigenvalue weighted by atomic mass is 10.2. The fraction of sp³-hybridized carbons (Fsp3) is 0.235. The molecule has 10 heteroatoms. The molecule has 0 aliphatic carbocycles. The highest BCUT2D eigenvalue weighted by atomic mass is 35.5. The highest BCUT2D eigenvalue weighted by molar-refractivity contribution is 7.92. The van der Waals surface area contributed by atoms with E-state index in [0.717, 1.165) is 11.4 Å². The van der Waals surface area contributed by atoms with Crippen molar-refractivity contribution in [2.24, 2.45) is 0 Å². The van der Waals surface area contributed by atoms with Crippen molar-refractivity contribution in [3.05, 3.63) is 46.4 Å². The molecule has 2 aromatic carbocycles. The molecule has 0 aromatic heterocycles. The molecule has 0 radical (unpaired) electrons. The Labute approximate surface area is 167 Å². The summed E-state index contributed by atoms with van der Waals surface area (Å²) in [6.07, 6.45) is 0. The number of benzene rings is 2. The van der Waals surface area contributed by atoms with Crippen molar-refractivity contribution >= 4 is 44.9 Å². The maximum Gasteiger partial charge on any atom is 0.326 e. The lowest BCUT2D eigenvalue weighted by molar-refractivity contribution is -0.138. The Morgan fingerprint density at radius 2 is 1.59 bits per heavy atom. The van der Waals surface area contributed by atoms with Crippen LogP contribution in [0.4, 0.5) is 5.69 Å². The van der Waals surface area contributed by atoms with Crippen LogP contribution in [0.25, 0.3) is 0 Å². The van der Waals surface area contributed by atoms with E-state index in [1.807, 2.05) is 0 Å². The van der Waals surface area contributed by atoms with Gasteiger partial charge in [0.15, 0.2) is 0 Å². The summed E-state index contributed by atoms with van der Waals surface area (Å²) in [5.74, 6) is -0.403. The second kappa shape index (κ2) is 8.69. The monoisotopic (exact) mass is 433 g/mol. The number of ether oxygens (including phenoxy) is 3. The van der Waals surface area contributed by atoms with Crippen molar-refractivity contribution in [3.8, 4) is 11.5 Å². The van der Waals surface area contributed by atoms with Crippen molar-refractivity contribution in [3.63, 3.8) is 0 Å². The van der Waals surface area contributed by atoms with E-state index in [-0.39, 0.29) is 27.1 Å². The van der Waals surface area contributed by atoms with Crippen molar-refractivity contribution in [2.45, 2.75) is 4.90 Å². The van der Waals surface area contributed by atoms with E-state index in [1.165, 1.54) is 50.6 Å².